The van der Waals surface area contributed by atoms with Crippen LogP contribution in [0.1, 0.15) is 32.1 Å². The number of piperidine rings is 1. The van der Waals surface area contributed by atoms with Gasteiger partial charge in [0.15, 0.2) is 0 Å². The second-order valence-electron chi connectivity index (χ2n) is 7.13. The van der Waals surface area contributed by atoms with Gasteiger partial charge < -0.3 is 10.1 Å². The van der Waals surface area contributed by atoms with E-state index in [1.54, 1.807) is 30.3 Å². The third-order valence-electron chi connectivity index (χ3n) is 5.12. The Balaban J connectivity index is 1.69. The molecule has 1 aromatic rings. The lowest BCUT2D eigenvalue weighted by molar-refractivity contribution is -0.127. The van der Waals surface area contributed by atoms with Gasteiger partial charge in [-0.15, -0.1) is 0 Å². The first-order valence-electron chi connectivity index (χ1n) is 8.80. The second kappa shape index (κ2) is 7.43. The minimum absolute atomic E-state index is 0.0401. The summed E-state index contributed by atoms with van der Waals surface area (Å²) in [4.78, 5) is 12.4. The number of nitrogens with zero attached hydrogens (tertiary/aromatic N) is 1. The Morgan fingerprint density at radius 3 is 2.44 bits per heavy atom. The van der Waals surface area contributed by atoms with Gasteiger partial charge in [0, 0.05) is 25.7 Å². The fourth-order valence-corrected chi connectivity index (χ4v) is 5.08. The summed E-state index contributed by atoms with van der Waals surface area (Å²) in [5.41, 5.74) is -0.306. The number of amides is 1. The van der Waals surface area contributed by atoms with E-state index in [2.05, 4.69) is 5.32 Å². The van der Waals surface area contributed by atoms with Crippen LogP contribution in [0.2, 0.25) is 0 Å². The lowest BCUT2D eigenvalue weighted by Gasteiger charge is -2.42. The van der Waals surface area contributed by atoms with Crippen LogP contribution in [0.3, 0.4) is 0 Å². The van der Waals surface area contributed by atoms with Crippen LogP contribution in [0, 0.1) is 5.92 Å². The van der Waals surface area contributed by atoms with Crippen molar-refractivity contribution in [2.45, 2.75) is 42.5 Å². The molecule has 3 rings (SSSR count). The Morgan fingerprint density at radius 2 is 1.88 bits per heavy atom. The average molecular weight is 366 g/mol. The summed E-state index contributed by atoms with van der Waals surface area (Å²) in [5, 5.41) is 3.13. The fraction of sp³-hybridized carbons (Fsp3) is 0.611. The monoisotopic (exact) mass is 366 g/mol. The van der Waals surface area contributed by atoms with E-state index >= 15 is 0 Å². The zero-order valence-corrected chi connectivity index (χ0v) is 15.4. The number of carbonyl (C=O) groups is 1. The zero-order chi connectivity index (χ0) is 17.9. The molecule has 0 bridgehead atoms. The van der Waals surface area contributed by atoms with Crippen LogP contribution in [0.4, 0.5) is 0 Å². The van der Waals surface area contributed by atoms with Crippen LogP contribution in [-0.4, -0.2) is 51.0 Å². The van der Waals surface area contributed by atoms with Crippen molar-refractivity contribution in [3.05, 3.63) is 30.3 Å². The van der Waals surface area contributed by atoms with E-state index in [9.17, 15) is 13.2 Å². The molecule has 0 unspecified atom stereocenters. The Hall–Kier alpha value is -1.44. The number of hydrogen-bond donors (Lipinski definition) is 1. The van der Waals surface area contributed by atoms with Gasteiger partial charge in [0.05, 0.1) is 4.90 Å². The topological polar surface area (TPSA) is 75.7 Å². The molecule has 1 aromatic carbocycles. The van der Waals surface area contributed by atoms with Crippen LogP contribution in [0.5, 0.6) is 0 Å². The third kappa shape index (κ3) is 4.40. The predicted molar refractivity (Wildman–Crippen MR) is 94.5 cm³/mol. The molecule has 1 saturated heterocycles. The minimum Gasteiger partial charge on any atom is -0.375 e. The highest BCUT2D eigenvalue weighted by molar-refractivity contribution is 7.89. The van der Waals surface area contributed by atoms with Crippen LogP contribution >= 0.6 is 0 Å². The van der Waals surface area contributed by atoms with E-state index in [1.165, 1.54) is 24.3 Å². The summed E-state index contributed by atoms with van der Waals surface area (Å²) in [6.45, 7) is 0.896. The smallest absolute Gasteiger partial charge is 0.246 e. The third-order valence-corrected chi connectivity index (χ3v) is 7.03. The van der Waals surface area contributed by atoms with Gasteiger partial charge in [-0.3, -0.25) is 4.79 Å². The molecule has 6 nitrogen and oxygen atoms in total. The van der Waals surface area contributed by atoms with Gasteiger partial charge in [0.1, 0.15) is 6.61 Å². The zero-order valence-electron chi connectivity index (χ0n) is 14.6. The summed E-state index contributed by atoms with van der Waals surface area (Å²) >= 11 is 0. The van der Waals surface area contributed by atoms with Crippen LogP contribution in [0.25, 0.3) is 0 Å². The Kier molecular flexibility index (Phi) is 5.46. The highest BCUT2D eigenvalue weighted by Gasteiger charge is 2.42. The molecule has 138 valence electrons. The molecule has 1 aliphatic carbocycles. The van der Waals surface area contributed by atoms with Crippen molar-refractivity contribution >= 4 is 15.9 Å². The number of nitrogens with one attached hydrogen (secondary N) is 1. The summed E-state index contributed by atoms with van der Waals surface area (Å²) in [7, 11) is -1.97. The first-order chi connectivity index (χ1) is 12.0. The summed E-state index contributed by atoms with van der Waals surface area (Å²) < 4.78 is 32.0. The Bertz CT molecular complexity index is 693. The number of hydrogen-bond acceptors (Lipinski definition) is 4. The molecule has 2 fully saturated rings. The Morgan fingerprint density at radius 1 is 1.24 bits per heavy atom. The predicted octanol–water partition coefficient (Wildman–Crippen LogP) is 1.77. The van der Waals surface area contributed by atoms with Gasteiger partial charge in [-0.25, -0.2) is 8.42 Å². The van der Waals surface area contributed by atoms with Crippen molar-refractivity contribution in [2.75, 3.05) is 26.8 Å². The molecule has 1 aliphatic heterocycles. The summed E-state index contributed by atoms with van der Waals surface area (Å²) in [6.07, 6.45) is 4.62. The van der Waals surface area contributed by atoms with Gasteiger partial charge >= 0.3 is 0 Å². The van der Waals surface area contributed by atoms with Crippen molar-refractivity contribution in [3.63, 3.8) is 0 Å². The molecule has 25 heavy (non-hydrogen) atoms. The molecular weight excluding hydrogens is 340 g/mol. The molecule has 0 atom stereocenters. The molecule has 7 heteroatoms. The molecule has 0 aromatic heterocycles. The van der Waals surface area contributed by atoms with Crippen molar-refractivity contribution in [3.8, 4) is 0 Å². The standard InChI is InChI=1S/C18H26N2O4S/c1-24-14-17(21)19-18(13-15-7-8-15)9-11-20(12-10-18)25(22,23)16-5-3-2-4-6-16/h2-6,15H,7-14H2,1H3,(H,19,21). The maximum absolute atomic E-state index is 12.8. The minimum atomic E-state index is -3.47. The first-order valence-corrected chi connectivity index (χ1v) is 10.2. The van der Waals surface area contributed by atoms with Gasteiger partial charge in [0.25, 0.3) is 0 Å². The van der Waals surface area contributed by atoms with Crippen LogP contribution < -0.4 is 5.32 Å². The van der Waals surface area contributed by atoms with E-state index in [-0.39, 0.29) is 18.1 Å². The molecule has 1 saturated carbocycles. The highest BCUT2D eigenvalue weighted by Crippen LogP contribution is 2.41. The van der Waals surface area contributed by atoms with E-state index in [1.807, 2.05) is 0 Å². The average Bonchev–Trinajstić information content (AvgIpc) is 3.40. The van der Waals surface area contributed by atoms with Gasteiger partial charge in [0.2, 0.25) is 15.9 Å². The Labute approximate surface area is 149 Å². The number of carbonyl (C=O) groups excluding carboxylic acids is 1. The van der Waals surface area contributed by atoms with Crippen molar-refractivity contribution < 1.29 is 17.9 Å². The van der Waals surface area contributed by atoms with Crippen LogP contribution in [0.15, 0.2) is 35.2 Å². The first kappa shape index (κ1) is 18.4. The number of sulfonamides is 1. The highest BCUT2D eigenvalue weighted by atomic mass is 32.2. The lowest BCUT2D eigenvalue weighted by Crippen LogP contribution is -2.57. The maximum atomic E-state index is 12.8. The molecule has 2 aliphatic rings. The summed E-state index contributed by atoms with van der Waals surface area (Å²) in [6, 6.07) is 8.53. The summed E-state index contributed by atoms with van der Waals surface area (Å²) in [5.74, 6) is 0.530. The number of methoxy groups -OCH3 is 1. The van der Waals surface area contributed by atoms with E-state index in [0.717, 1.165) is 6.42 Å². The normalized spacial score (nSPS) is 21.0. The van der Waals surface area contributed by atoms with Gasteiger partial charge in [-0.05, 0) is 37.3 Å². The quantitative estimate of drug-likeness (QED) is 0.798. The molecular formula is C18H26N2O4S. The van der Waals surface area contributed by atoms with E-state index in [0.29, 0.717) is 36.7 Å². The second-order valence-corrected chi connectivity index (χ2v) is 9.06. The number of rotatable bonds is 7. The van der Waals surface area contributed by atoms with Gasteiger partial charge in [-0.1, -0.05) is 31.0 Å². The van der Waals surface area contributed by atoms with Crippen molar-refractivity contribution in [1.82, 2.24) is 9.62 Å². The molecule has 1 amide bonds. The van der Waals surface area contributed by atoms with Crippen molar-refractivity contribution in [2.24, 2.45) is 5.92 Å². The molecule has 0 spiro atoms. The fourth-order valence-electron chi connectivity index (χ4n) is 3.61. The SMILES string of the molecule is COCC(=O)NC1(CC2CC2)CCN(S(=O)(=O)c2ccccc2)CC1. The van der Waals surface area contributed by atoms with Crippen LogP contribution in [-0.2, 0) is 19.6 Å². The molecule has 0 radical (unpaired) electrons. The van der Waals surface area contributed by atoms with Gasteiger partial charge in [-0.2, -0.15) is 4.31 Å². The number of benzene rings is 1. The maximum Gasteiger partial charge on any atom is 0.246 e. The van der Waals surface area contributed by atoms with E-state index in [4.69, 9.17) is 4.74 Å². The van der Waals surface area contributed by atoms with Crippen molar-refractivity contribution in [1.29, 1.82) is 0 Å². The molecule has 1 heterocycles. The van der Waals surface area contributed by atoms with E-state index < -0.39 is 10.0 Å². The lowest BCUT2D eigenvalue weighted by atomic mass is 9.83. The number of ether oxygens (including phenoxy) is 1. The largest absolute Gasteiger partial charge is 0.375 e. The molecule has 1 N–H and O–H groups in total.